The number of aryl methyl sites for hydroxylation is 2. The van der Waals surface area contributed by atoms with Gasteiger partial charge in [-0.3, -0.25) is 0 Å². The first kappa shape index (κ1) is 14.3. The fourth-order valence-corrected chi connectivity index (χ4v) is 2.19. The monoisotopic (exact) mass is 265 g/mol. The minimum atomic E-state index is -4.39. The lowest BCUT2D eigenvalue weighted by molar-refractivity contribution is -0.137. The number of hydrogen-bond acceptors (Lipinski definition) is 1. The van der Waals surface area contributed by atoms with Crippen LogP contribution in [0.5, 0.6) is 0 Å². The molecule has 17 heavy (non-hydrogen) atoms. The molecule has 0 unspecified atom stereocenters. The Kier molecular flexibility index (Phi) is 4.83. The fraction of sp³-hybridized carbons (Fsp3) is 0.500. The molecular formula is C12H15ClF3N. The lowest BCUT2D eigenvalue weighted by Gasteiger charge is -2.14. The van der Waals surface area contributed by atoms with Gasteiger partial charge in [-0.25, -0.2) is 0 Å². The maximum Gasteiger partial charge on any atom is 0.418 e. The summed E-state index contributed by atoms with van der Waals surface area (Å²) in [4.78, 5) is 0. The number of unbranched alkanes of at least 4 members (excludes halogenated alkanes) is 1. The van der Waals surface area contributed by atoms with Gasteiger partial charge in [-0.15, -0.1) is 0 Å². The van der Waals surface area contributed by atoms with E-state index in [-0.39, 0.29) is 10.6 Å². The smallest absolute Gasteiger partial charge is 0.330 e. The summed E-state index contributed by atoms with van der Waals surface area (Å²) in [5.74, 6) is 0. The molecule has 0 saturated heterocycles. The summed E-state index contributed by atoms with van der Waals surface area (Å²) in [6, 6.07) is 2.94. The number of nitrogens with two attached hydrogens (primary N) is 1. The second-order valence-corrected chi connectivity index (χ2v) is 4.42. The predicted octanol–water partition coefficient (Wildman–Crippen LogP) is 3.95. The van der Waals surface area contributed by atoms with E-state index in [1.54, 1.807) is 6.07 Å². The molecule has 0 saturated carbocycles. The van der Waals surface area contributed by atoms with Crippen LogP contribution in [0.2, 0.25) is 5.02 Å². The van der Waals surface area contributed by atoms with Crippen molar-refractivity contribution < 1.29 is 13.2 Å². The van der Waals surface area contributed by atoms with E-state index in [4.69, 9.17) is 17.3 Å². The molecule has 0 amide bonds. The molecule has 0 aliphatic heterocycles. The van der Waals surface area contributed by atoms with Gasteiger partial charge in [-0.2, -0.15) is 13.2 Å². The number of rotatable bonds is 4. The minimum absolute atomic E-state index is 0.174. The van der Waals surface area contributed by atoms with Crippen LogP contribution in [0.4, 0.5) is 13.2 Å². The van der Waals surface area contributed by atoms with E-state index in [1.807, 2.05) is 0 Å². The molecule has 0 atom stereocenters. The predicted molar refractivity (Wildman–Crippen MR) is 63.2 cm³/mol. The van der Waals surface area contributed by atoms with Crippen LogP contribution in [-0.4, -0.2) is 6.54 Å². The summed E-state index contributed by atoms with van der Waals surface area (Å²) >= 11 is 5.69. The van der Waals surface area contributed by atoms with Crippen molar-refractivity contribution >= 4 is 11.6 Å². The second-order valence-electron chi connectivity index (χ2n) is 4.01. The molecule has 96 valence electrons. The maximum atomic E-state index is 12.6. The lowest BCUT2D eigenvalue weighted by Crippen LogP contribution is -2.09. The van der Waals surface area contributed by atoms with Crippen molar-refractivity contribution in [2.75, 3.05) is 6.54 Å². The van der Waals surface area contributed by atoms with Crippen LogP contribution in [0.1, 0.15) is 29.5 Å². The fourth-order valence-electron chi connectivity index (χ4n) is 1.79. The highest BCUT2D eigenvalue weighted by Gasteiger charge is 2.35. The quantitative estimate of drug-likeness (QED) is 0.820. The van der Waals surface area contributed by atoms with Crippen molar-refractivity contribution in [3.8, 4) is 0 Å². The van der Waals surface area contributed by atoms with Crippen LogP contribution >= 0.6 is 11.6 Å². The van der Waals surface area contributed by atoms with Gasteiger partial charge in [0.2, 0.25) is 0 Å². The Balaban J connectivity index is 2.94. The summed E-state index contributed by atoms with van der Waals surface area (Å²) < 4.78 is 37.9. The summed E-state index contributed by atoms with van der Waals surface area (Å²) in [7, 11) is 0. The van der Waals surface area contributed by atoms with Gasteiger partial charge in [0.25, 0.3) is 0 Å². The van der Waals surface area contributed by atoms with Gasteiger partial charge in [-0.05, 0) is 49.9 Å². The first-order valence-corrected chi connectivity index (χ1v) is 5.80. The standard InChI is InChI=1S/C12H15ClF3N/c1-8-6-9(4-2-3-5-17)7-10(13)11(8)12(14,15)16/h6-7H,2-5,17H2,1H3. The Morgan fingerprint density at radius 2 is 1.88 bits per heavy atom. The van der Waals surface area contributed by atoms with Gasteiger partial charge >= 0.3 is 6.18 Å². The number of benzene rings is 1. The molecule has 1 nitrogen and oxygen atoms in total. The molecule has 0 aromatic heterocycles. The first-order valence-electron chi connectivity index (χ1n) is 5.42. The summed E-state index contributed by atoms with van der Waals surface area (Å²) in [6.07, 6.45) is -1.97. The van der Waals surface area contributed by atoms with Crippen LogP contribution in [0, 0.1) is 6.92 Å². The summed E-state index contributed by atoms with van der Waals surface area (Å²) in [5, 5.41) is -0.222. The van der Waals surface area contributed by atoms with Gasteiger partial charge in [0.05, 0.1) is 10.6 Å². The zero-order valence-corrected chi connectivity index (χ0v) is 10.3. The van der Waals surface area contributed by atoms with Crippen LogP contribution in [0.3, 0.4) is 0 Å². The Labute approximate surface area is 104 Å². The Morgan fingerprint density at radius 3 is 2.35 bits per heavy atom. The van der Waals surface area contributed by atoms with E-state index in [2.05, 4.69) is 0 Å². The molecule has 5 heteroatoms. The van der Waals surface area contributed by atoms with E-state index in [0.29, 0.717) is 13.0 Å². The maximum absolute atomic E-state index is 12.6. The third kappa shape index (κ3) is 3.89. The zero-order chi connectivity index (χ0) is 13.1. The topological polar surface area (TPSA) is 26.0 Å². The molecule has 0 heterocycles. The molecular weight excluding hydrogens is 251 g/mol. The van der Waals surface area contributed by atoms with Crippen LogP contribution in [-0.2, 0) is 12.6 Å². The van der Waals surface area contributed by atoms with E-state index in [9.17, 15) is 13.2 Å². The lowest BCUT2D eigenvalue weighted by atomic mass is 10.0. The molecule has 1 aromatic carbocycles. The van der Waals surface area contributed by atoms with Crippen LogP contribution in [0.15, 0.2) is 12.1 Å². The number of halogens is 4. The summed E-state index contributed by atoms with van der Waals surface area (Å²) in [5.41, 5.74) is 5.63. The van der Waals surface area contributed by atoms with E-state index in [0.717, 1.165) is 18.4 Å². The number of hydrogen-bond donors (Lipinski definition) is 1. The van der Waals surface area contributed by atoms with Crippen molar-refractivity contribution in [1.29, 1.82) is 0 Å². The zero-order valence-electron chi connectivity index (χ0n) is 9.57. The first-order chi connectivity index (χ1) is 7.86. The van der Waals surface area contributed by atoms with Gasteiger partial charge in [-0.1, -0.05) is 17.7 Å². The molecule has 0 fully saturated rings. The highest BCUT2D eigenvalue weighted by atomic mass is 35.5. The largest absolute Gasteiger partial charge is 0.418 e. The molecule has 0 aliphatic carbocycles. The second kappa shape index (κ2) is 5.74. The normalized spacial score (nSPS) is 11.9. The molecule has 0 radical (unpaired) electrons. The third-order valence-corrected chi connectivity index (χ3v) is 2.85. The summed E-state index contributed by atoms with van der Waals surface area (Å²) in [6.45, 7) is 2.02. The van der Waals surface area contributed by atoms with Crippen molar-refractivity contribution in [3.63, 3.8) is 0 Å². The van der Waals surface area contributed by atoms with Crippen molar-refractivity contribution in [2.24, 2.45) is 5.73 Å². The van der Waals surface area contributed by atoms with E-state index >= 15 is 0 Å². The van der Waals surface area contributed by atoms with Gasteiger partial charge in [0.1, 0.15) is 0 Å². The van der Waals surface area contributed by atoms with Crippen molar-refractivity contribution in [2.45, 2.75) is 32.4 Å². The Bertz CT molecular complexity index is 365. The molecule has 0 aliphatic rings. The van der Waals surface area contributed by atoms with Crippen molar-refractivity contribution in [3.05, 3.63) is 33.8 Å². The molecule has 0 bridgehead atoms. The molecule has 0 spiro atoms. The third-order valence-electron chi connectivity index (χ3n) is 2.55. The van der Waals surface area contributed by atoms with Crippen LogP contribution in [0.25, 0.3) is 0 Å². The number of alkyl halides is 3. The van der Waals surface area contributed by atoms with E-state index < -0.39 is 11.7 Å². The van der Waals surface area contributed by atoms with Crippen LogP contribution < -0.4 is 5.73 Å². The van der Waals surface area contributed by atoms with Crippen molar-refractivity contribution in [1.82, 2.24) is 0 Å². The van der Waals surface area contributed by atoms with Gasteiger partial charge in [0.15, 0.2) is 0 Å². The van der Waals surface area contributed by atoms with E-state index in [1.165, 1.54) is 13.0 Å². The SMILES string of the molecule is Cc1cc(CCCCN)cc(Cl)c1C(F)(F)F. The van der Waals surface area contributed by atoms with Gasteiger partial charge in [0, 0.05) is 0 Å². The van der Waals surface area contributed by atoms with Gasteiger partial charge < -0.3 is 5.73 Å². The Hall–Kier alpha value is -0.740. The minimum Gasteiger partial charge on any atom is -0.330 e. The highest BCUT2D eigenvalue weighted by molar-refractivity contribution is 6.31. The average Bonchev–Trinajstić information content (AvgIpc) is 2.14. The average molecular weight is 266 g/mol. The molecule has 1 rings (SSSR count). The highest BCUT2D eigenvalue weighted by Crippen LogP contribution is 2.37. The molecule has 2 N–H and O–H groups in total. The Morgan fingerprint density at radius 1 is 1.24 bits per heavy atom. The molecule has 1 aromatic rings.